The first-order chi connectivity index (χ1) is 5.70. The van der Waals surface area contributed by atoms with Crippen LogP contribution in [0.5, 0.6) is 0 Å². The number of aryl methyl sites for hydroxylation is 3. The van der Waals surface area contributed by atoms with E-state index < -0.39 is 0 Å². The number of fused-ring (bicyclic) bond motifs is 1. The Bertz CT molecular complexity index is 429. The lowest BCUT2D eigenvalue weighted by molar-refractivity contribution is 0.450. The Morgan fingerprint density at radius 1 is 1.17 bits per heavy atom. The van der Waals surface area contributed by atoms with Crippen LogP contribution in [0.4, 0.5) is 0 Å². The molecule has 0 saturated heterocycles. The molecule has 1 heterocycles. The van der Waals surface area contributed by atoms with Gasteiger partial charge in [-0.15, -0.1) is 0 Å². The molecular formula is C10H11NO. The Hall–Kier alpha value is -1.31. The largest absolute Gasteiger partial charge is 0.356 e. The third-order valence-corrected chi connectivity index (χ3v) is 2.34. The fourth-order valence-corrected chi connectivity index (χ4v) is 1.48. The van der Waals surface area contributed by atoms with E-state index in [9.17, 15) is 0 Å². The average Bonchev–Trinajstić information content (AvgIpc) is 2.41. The van der Waals surface area contributed by atoms with Gasteiger partial charge >= 0.3 is 0 Å². The highest BCUT2D eigenvalue weighted by molar-refractivity contribution is 5.83. The van der Waals surface area contributed by atoms with Gasteiger partial charge in [0.1, 0.15) is 0 Å². The minimum absolute atomic E-state index is 0.885. The summed E-state index contributed by atoms with van der Waals surface area (Å²) >= 11 is 0. The summed E-state index contributed by atoms with van der Waals surface area (Å²) < 4.78 is 5.13. The zero-order valence-corrected chi connectivity index (χ0v) is 7.51. The normalized spacial score (nSPS) is 10.9. The molecule has 0 bridgehead atoms. The van der Waals surface area contributed by atoms with Gasteiger partial charge in [-0.2, -0.15) is 0 Å². The van der Waals surface area contributed by atoms with Gasteiger partial charge < -0.3 is 4.52 Å². The number of rotatable bonds is 0. The van der Waals surface area contributed by atoms with Crippen molar-refractivity contribution in [3.63, 3.8) is 0 Å². The molecule has 2 rings (SSSR count). The molecule has 0 N–H and O–H groups in total. The second kappa shape index (κ2) is 2.34. The van der Waals surface area contributed by atoms with Crippen molar-refractivity contribution in [1.82, 2.24) is 5.16 Å². The van der Waals surface area contributed by atoms with Gasteiger partial charge in [0, 0.05) is 5.39 Å². The maximum absolute atomic E-state index is 5.13. The molecule has 0 radical (unpaired) electrons. The second-order valence-corrected chi connectivity index (χ2v) is 3.15. The summed E-state index contributed by atoms with van der Waals surface area (Å²) in [6.07, 6.45) is 0. The molecule has 1 aromatic heterocycles. The van der Waals surface area contributed by atoms with Gasteiger partial charge in [0.15, 0.2) is 5.58 Å². The summed E-state index contributed by atoms with van der Waals surface area (Å²) in [6, 6.07) is 4.03. The lowest BCUT2D eigenvalue weighted by Gasteiger charge is -1.98. The molecule has 0 aliphatic carbocycles. The molecule has 0 fully saturated rings. The number of aromatic nitrogens is 1. The van der Waals surface area contributed by atoms with Crippen LogP contribution in [0.1, 0.15) is 16.8 Å². The van der Waals surface area contributed by atoms with Crippen LogP contribution >= 0.6 is 0 Å². The lowest BCUT2D eigenvalue weighted by Crippen LogP contribution is -1.82. The molecule has 0 aliphatic rings. The van der Waals surface area contributed by atoms with Crippen LogP contribution in [0.3, 0.4) is 0 Å². The fraction of sp³-hybridized carbons (Fsp3) is 0.300. The Kier molecular flexibility index (Phi) is 1.43. The van der Waals surface area contributed by atoms with E-state index in [1.807, 2.05) is 13.0 Å². The topological polar surface area (TPSA) is 26.0 Å². The molecule has 2 nitrogen and oxygen atoms in total. The Morgan fingerprint density at radius 3 is 2.67 bits per heavy atom. The van der Waals surface area contributed by atoms with Crippen molar-refractivity contribution >= 4 is 11.0 Å². The summed E-state index contributed by atoms with van der Waals surface area (Å²) in [6.45, 7) is 6.17. The fourth-order valence-electron chi connectivity index (χ4n) is 1.48. The highest BCUT2D eigenvalue weighted by Crippen LogP contribution is 2.23. The molecule has 0 amide bonds. The van der Waals surface area contributed by atoms with E-state index >= 15 is 0 Å². The van der Waals surface area contributed by atoms with Crippen LogP contribution in [-0.2, 0) is 0 Å². The molecule has 0 unspecified atom stereocenters. The predicted octanol–water partition coefficient (Wildman–Crippen LogP) is 2.75. The molecule has 0 aliphatic heterocycles. The minimum Gasteiger partial charge on any atom is -0.356 e. The van der Waals surface area contributed by atoms with Crippen molar-refractivity contribution in [3.05, 3.63) is 29.0 Å². The van der Waals surface area contributed by atoms with Crippen molar-refractivity contribution in [1.29, 1.82) is 0 Å². The molecule has 1 aromatic carbocycles. The first kappa shape index (κ1) is 7.35. The van der Waals surface area contributed by atoms with Gasteiger partial charge in [0.25, 0.3) is 0 Å². The number of nitrogens with zero attached hydrogens (tertiary/aromatic N) is 1. The Morgan fingerprint density at radius 2 is 1.92 bits per heavy atom. The maximum atomic E-state index is 5.13. The summed E-state index contributed by atoms with van der Waals surface area (Å²) in [4.78, 5) is 0. The van der Waals surface area contributed by atoms with Crippen LogP contribution in [0.2, 0.25) is 0 Å². The molecule has 12 heavy (non-hydrogen) atoms. The molecule has 0 atom stereocenters. The highest BCUT2D eigenvalue weighted by atomic mass is 16.5. The van der Waals surface area contributed by atoms with E-state index in [1.54, 1.807) is 0 Å². The number of hydrogen-bond donors (Lipinski definition) is 0. The van der Waals surface area contributed by atoms with E-state index in [4.69, 9.17) is 4.52 Å². The van der Waals surface area contributed by atoms with E-state index in [-0.39, 0.29) is 0 Å². The van der Waals surface area contributed by atoms with Crippen molar-refractivity contribution < 1.29 is 4.52 Å². The number of benzene rings is 1. The van der Waals surface area contributed by atoms with Crippen LogP contribution < -0.4 is 0 Å². The van der Waals surface area contributed by atoms with E-state index in [0.29, 0.717) is 0 Å². The van der Waals surface area contributed by atoms with Crippen molar-refractivity contribution in [2.45, 2.75) is 20.8 Å². The predicted molar refractivity (Wildman–Crippen MR) is 48.2 cm³/mol. The molecule has 2 aromatic rings. The standard InChI is InChI=1S/C10H11NO/c1-6-4-5-9-10(7(6)2)8(3)11-12-9/h4-5H,1-3H3. The first-order valence-electron chi connectivity index (χ1n) is 4.02. The summed E-state index contributed by atoms with van der Waals surface area (Å²) in [5, 5.41) is 5.08. The SMILES string of the molecule is Cc1ccc2onc(C)c2c1C. The quantitative estimate of drug-likeness (QED) is 0.593. The summed E-state index contributed by atoms with van der Waals surface area (Å²) in [5.74, 6) is 0. The van der Waals surface area contributed by atoms with Gasteiger partial charge in [0.2, 0.25) is 0 Å². The summed E-state index contributed by atoms with van der Waals surface area (Å²) in [5.41, 5.74) is 4.42. The van der Waals surface area contributed by atoms with Crippen molar-refractivity contribution in [2.75, 3.05) is 0 Å². The van der Waals surface area contributed by atoms with E-state index in [0.717, 1.165) is 16.7 Å². The van der Waals surface area contributed by atoms with Crippen LogP contribution in [-0.4, -0.2) is 5.16 Å². The second-order valence-electron chi connectivity index (χ2n) is 3.15. The third kappa shape index (κ3) is 0.843. The molecule has 0 saturated carbocycles. The van der Waals surface area contributed by atoms with Gasteiger partial charge in [-0.05, 0) is 38.0 Å². The molecular weight excluding hydrogens is 150 g/mol. The van der Waals surface area contributed by atoms with Gasteiger partial charge in [0.05, 0.1) is 5.69 Å². The van der Waals surface area contributed by atoms with Crippen molar-refractivity contribution in [2.24, 2.45) is 0 Å². The zero-order valence-electron chi connectivity index (χ0n) is 7.51. The third-order valence-electron chi connectivity index (χ3n) is 2.34. The monoisotopic (exact) mass is 161 g/mol. The van der Waals surface area contributed by atoms with Gasteiger partial charge in [-0.25, -0.2) is 0 Å². The Labute approximate surface area is 71.2 Å². The molecule has 2 heteroatoms. The number of hydrogen-bond acceptors (Lipinski definition) is 2. The smallest absolute Gasteiger partial charge is 0.167 e. The van der Waals surface area contributed by atoms with Gasteiger partial charge in [-0.3, -0.25) is 0 Å². The van der Waals surface area contributed by atoms with Crippen LogP contribution in [0.15, 0.2) is 16.7 Å². The summed E-state index contributed by atoms with van der Waals surface area (Å²) in [7, 11) is 0. The van der Waals surface area contributed by atoms with Crippen molar-refractivity contribution in [3.8, 4) is 0 Å². The van der Waals surface area contributed by atoms with Crippen LogP contribution in [0, 0.1) is 20.8 Å². The first-order valence-corrected chi connectivity index (χ1v) is 4.02. The van der Waals surface area contributed by atoms with E-state index in [2.05, 4.69) is 25.1 Å². The zero-order chi connectivity index (χ0) is 8.72. The highest BCUT2D eigenvalue weighted by Gasteiger charge is 2.07. The minimum atomic E-state index is 0.885. The molecule has 0 spiro atoms. The average molecular weight is 161 g/mol. The van der Waals surface area contributed by atoms with E-state index in [1.165, 1.54) is 11.1 Å². The lowest BCUT2D eigenvalue weighted by atomic mass is 10.0. The Balaban J connectivity index is 2.96. The van der Waals surface area contributed by atoms with Crippen LogP contribution in [0.25, 0.3) is 11.0 Å². The maximum Gasteiger partial charge on any atom is 0.167 e. The van der Waals surface area contributed by atoms with Gasteiger partial charge in [-0.1, -0.05) is 11.2 Å². The molecule has 62 valence electrons.